The van der Waals surface area contributed by atoms with Crippen molar-refractivity contribution in [2.24, 2.45) is 23.7 Å². The van der Waals surface area contributed by atoms with E-state index in [1.54, 1.807) is 0 Å². The number of nitrogens with one attached hydrogen (secondary N) is 2. The van der Waals surface area contributed by atoms with Crippen LogP contribution in [0.1, 0.15) is 81.3 Å². The first-order chi connectivity index (χ1) is 18.8. The molecule has 1 heterocycles. The van der Waals surface area contributed by atoms with Crippen LogP contribution in [-0.4, -0.2) is 74.5 Å². The molecule has 0 aromatic heterocycles. The van der Waals surface area contributed by atoms with Crippen molar-refractivity contribution in [3.63, 3.8) is 0 Å². The van der Waals surface area contributed by atoms with Gasteiger partial charge in [0.1, 0.15) is 0 Å². The molecule has 1 saturated heterocycles. The predicted molar refractivity (Wildman–Crippen MR) is 159 cm³/mol. The van der Waals surface area contributed by atoms with Gasteiger partial charge in [0.15, 0.2) is 0 Å². The number of carbonyl (C=O) groups is 2. The highest BCUT2D eigenvalue weighted by molar-refractivity contribution is 9.10. The highest BCUT2D eigenvalue weighted by atomic mass is 79.9. The summed E-state index contributed by atoms with van der Waals surface area (Å²) in [4.78, 5) is 30.6. The van der Waals surface area contributed by atoms with Crippen molar-refractivity contribution < 1.29 is 9.59 Å². The number of fused-ring (bicyclic) bond motifs is 2. The van der Waals surface area contributed by atoms with E-state index in [1.807, 2.05) is 0 Å². The van der Waals surface area contributed by atoms with Crippen LogP contribution in [0.5, 0.6) is 0 Å². The number of nitrogens with zero attached hydrogens (tertiary/aromatic N) is 2. The number of carbonyl (C=O) groups excluding carboxylic acids is 2. The Labute approximate surface area is 243 Å². The SMILES string of the molecule is CN(C)CCCNC(=O)CC1CC2(CCN(CC(=O)NC3C4CC5CC(C4)CC3C5)CC2)c2c(Br)cccc21. The van der Waals surface area contributed by atoms with E-state index in [9.17, 15) is 9.59 Å². The Hall–Kier alpha value is -1.44. The maximum absolute atomic E-state index is 13.2. The Morgan fingerprint density at radius 2 is 1.72 bits per heavy atom. The molecule has 6 nitrogen and oxygen atoms in total. The summed E-state index contributed by atoms with van der Waals surface area (Å²) < 4.78 is 1.18. The van der Waals surface area contributed by atoms with Gasteiger partial charge in [0, 0.05) is 23.5 Å². The van der Waals surface area contributed by atoms with Crippen molar-refractivity contribution in [2.75, 3.05) is 46.8 Å². The number of piperidine rings is 1. The maximum atomic E-state index is 13.2. The number of likely N-dealkylation sites (tertiary alicyclic amines) is 1. The van der Waals surface area contributed by atoms with Gasteiger partial charge in [0.2, 0.25) is 11.8 Å². The minimum atomic E-state index is 0.0969. The lowest BCUT2D eigenvalue weighted by molar-refractivity contribution is -0.126. The van der Waals surface area contributed by atoms with Crippen molar-refractivity contribution in [2.45, 2.75) is 81.6 Å². The summed E-state index contributed by atoms with van der Waals surface area (Å²) in [6, 6.07) is 6.94. The van der Waals surface area contributed by atoms with Gasteiger partial charge in [-0.15, -0.1) is 0 Å². The zero-order chi connectivity index (χ0) is 27.1. The topological polar surface area (TPSA) is 64.7 Å². The van der Waals surface area contributed by atoms with Gasteiger partial charge in [-0.3, -0.25) is 14.5 Å². The quantitative estimate of drug-likeness (QED) is 0.405. The standard InChI is InChI=1S/C32H47BrN4O2/c1-36(2)10-4-9-34-28(38)18-25-19-32(30-26(25)5-3-6-27(30)33)7-11-37(12-8-32)20-29(39)35-31-23-14-21-13-22(16-23)17-24(31)15-21/h3,5-6,21-25,31H,4,7-20H2,1-2H3,(H,34,38)(H,35,39). The molecule has 7 heteroatoms. The number of rotatable bonds is 9. The molecule has 1 unspecified atom stereocenters. The van der Waals surface area contributed by atoms with Gasteiger partial charge in [0.05, 0.1) is 6.54 Å². The molecule has 5 aliphatic carbocycles. The largest absolute Gasteiger partial charge is 0.356 e. The third-order valence-corrected chi connectivity index (χ3v) is 11.6. The summed E-state index contributed by atoms with van der Waals surface area (Å²) >= 11 is 3.87. The molecule has 0 radical (unpaired) electrons. The molecule has 1 aromatic carbocycles. The van der Waals surface area contributed by atoms with Crippen LogP contribution in [0.4, 0.5) is 0 Å². The highest BCUT2D eigenvalue weighted by Gasteiger charge is 2.49. The van der Waals surface area contributed by atoms with Crippen LogP contribution in [0.3, 0.4) is 0 Å². The first-order valence-corrected chi connectivity index (χ1v) is 16.3. The zero-order valence-corrected chi connectivity index (χ0v) is 25.5. The highest BCUT2D eigenvalue weighted by Crippen LogP contribution is 2.55. The number of benzene rings is 1. The molecule has 6 aliphatic rings. The van der Waals surface area contributed by atoms with E-state index in [0.29, 0.717) is 19.0 Å². The van der Waals surface area contributed by atoms with Gasteiger partial charge in [-0.25, -0.2) is 0 Å². The van der Waals surface area contributed by atoms with Gasteiger partial charge in [0.25, 0.3) is 0 Å². The molecule has 4 saturated carbocycles. The molecule has 1 spiro atoms. The Balaban J connectivity index is 1.04. The fourth-order valence-corrected chi connectivity index (χ4v) is 10.2. The number of amides is 2. The number of hydrogen-bond donors (Lipinski definition) is 2. The van der Waals surface area contributed by atoms with E-state index >= 15 is 0 Å². The molecular formula is C32H47BrN4O2. The maximum Gasteiger partial charge on any atom is 0.234 e. The van der Waals surface area contributed by atoms with Crippen molar-refractivity contribution in [1.82, 2.24) is 20.4 Å². The summed E-state index contributed by atoms with van der Waals surface area (Å²) in [5.41, 5.74) is 2.87. The molecule has 4 bridgehead atoms. The fraction of sp³-hybridized carbons (Fsp3) is 0.750. The van der Waals surface area contributed by atoms with Crippen LogP contribution < -0.4 is 10.6 Å². The minimum Gasteiger partial charge on any atom is -0.356 e. The molecule has 1 aromatic rings. The summed E-state index contributed by atoms with van der Waals surface area (Å²) in [7, 11) is 4.13. The van der Waals surface area contributed by atoms with Crippen LogP contribution >= 0.6 is 15.9 Å². The van der Waals surface area contributed by atoms with Crippen molar-refractivity contribution >= 4 is 27.7 Å². The first-order valence-electron chi connectivity index (χ1n) is 15.5. The zero-order valence-electron chi connectivity index (χ0n) is 23.9. The van der Waals surface area contributed by atoms with Crippen LogP contribution in [0, 0.1) is 23.7 Å². The lowest BCUT2D eigenvalue weighted by Crippen LogP contribution is -2.57. The molecule has 2 N–H and O–H groups in total. The minimum absolute atomic E-state index is 0.0969. The van der Waals surface area contributed by atoms with Crippen molar-refractivity contribution in [3.05, 3.63) is 33.8 Å². The average molecular weight is 600 g/mol. The van der Waals surface area contributed by atoms with Gasteiger partial charge < -0.3 is 15.5 Å². The van der Waals surface area contributed by atoms with Crippen molar-refractivity contribution in [1.29, 1.82) is 0 Å². The smallest absolute Gasteiger partial charge is 0.234 e. The molecule has 2 amide bonds. The Bertz CT molecular complexity index is 1040. The van der Waals surface area contributed by atoms with E-state index < -0.39 is 0 Å². The lowest BCUT2D eigenvalue weighted by Gasteiger charge is -2.54. The summed E-state index contributed by atoms with van der Waals surface area (Å²) in [5.74, 6) is 3.99. The fourth-order valence-electron chi connectivity index (χ4n) is 9.41. The molecule has 1 atom stereocenters. The van der Waals surface area contributed by atoms with Gasteiger partial charge in [-0.2, -0.15) is 0 Å². The lowest BCUT2D eigenvalue weighted by atomic mass is 9.54. The second-order valence-electron chi connectivity index (χ2n) is 13.9. The summed E-state index contributed by atoms with van der Waals surface area (Å²) in [6.07, 6.45) is 11.5. The summed E-state index contributed by atoms with van der Waals surface area (Å²) in [6.45, 7) is 4.14. The molecule has 7 rings (SSSR count). The molecule has 214 valence electrons. The van der Waals surface area contributed by atoms with Gasteiger partial charge >= 0.3 is 0 Å². The number of halogens is 1. The van der Waals surface area contributed by atoms with Crippen LogP contribution in [-0.2, 0) is 15.0 Å². The van der Waals surface area contributed by atoms with E-state index in [0.717, 1.165) is 75.5 Å². The third-order valence-electron chi connectivity index (χ3n) is 10.9. The van der Waals surface area contributed by atoms with Crippen LogP contribution in [0.15, 0.2) is 22.7 Å². The van der Waals surface area contributed by atoms with Gasteiger partial charge in [-0.1, -0.05) is 28.1 Å². The Morgan fingerprint density at radius 3 is 2.38 bits per heavy atom. The summed E-state index contributed by atoms with van der Waals surface area (Å²) in [5, 5.41) is 6.67. The van der Waals surface area contributed by atoms with E-state index in [4.69, 9.17) is 0 Å². The first kappa shape index (κ1) is 27.7. The average Bonchev–Trinajstić information content (AvgIpc) is 3.18. The predicted octanol–water partition coefficient (Wildman–Crippen LogP) is 4.67. The third kappa shape index (κ3) is 5.83. The Kier molecular flexibility index (Phi) is 8.13. The Morgan fingerprint density at radius 1 is 1.03 bits per heavy atom. The molecule has 1 aliphatic heterocycles. The van der Waals surface area contributed by atoms with Crippen LogP contribution in [0.2, 0.25) is 0 Å². The van der Waals surface area contributed by atoms with Crippen LogP contribution in [0.25, 0.3) is 0 Å². The van der Waals surface area contributed by atoms with Crippen molar-refractivity contribution in [3.8, 4) is 0 Å². The van der Waals surface area contributed by atoms with E-state index in [-0.39, 0.29) is 23.1 Å². The van der Waals surface area contributed by atoms with E-state index in [1.165, 1.54) is 47.7 Å². The molecular weight excluding hydrogens is 552 g/mol. The normalized spacial score (nSPS) is 32.5. The molecule has 5 fully saturated rings. The van der Waals surface area contributed by atoms with E-state index in [2.05, 4.69) is 68.7 Å². The molecule has 39 heavy (non-hydrogen) atoms. The second kappa shape index (κ2) is 11.4. The second-order valence-corrected chi connectivity index (χ2v) is 14.8. The monoisotopic (exact) mass is 598 g/mol. The number of hydrogen-bond acceptors (Lipinski definition) is 4. The van der Waals surface area contributed by atoms with Gasteiger partial charge in [-0.05, 0) is 144 Å².